The fraction of sp³-hybridized carbons (Fsp3) is 0.571. The van der Waals surface area contributed by atoms with Crippen molar-refractivity contribution >= 4 is 21.8 Å². The van der Waals surface area contributed by atoms with Crippen LogP contribution in [0.25, 0.3) is 0 Å². The van der Waals surface area contributed by atoms with E-state index in [0.717, 1.165) is 36.9 Å². The van der Waals surface area contributed by atoms with Crippen molar-refractivity contribution in [3.8, 4) is 0 Å². The number of carbonyl (C=O) groups excluding carboxylic acids is 1. The zero-order chi connectivity index (χ0) is 13.8. The molecule has 0 radical (unpaired) electrons. The lowest BCUT2D eigenvalue weighted by molar-refractivity contribution is 0.0668. The number of rotatable bonds is 2. The van der Waals surface area contributed by atoms with Crippen LogP contribution in [0.1, 0.15) is 30.3 Å². The van der Waals surface area contributed by atoms with E-state index in [0.29, 0.717) is 5.69 Å². The van der Waals surface area contributed by atoms with Crippen molar-refractivity contribution in [2.24, 2.45) is 0 Å². The molecule has 1 aromatic rings. The summed E-state index contributed by atoms with van der Waals surface area (Å²) in [6, 6.07) is 3.97. The van der Waals surface area contributed by atoms with E-state index in [1.807, 2.05) is 17.0 Å². The molecule has 0 spiro atoms. The highest BCUT2D eigenvalue weighted by molar-refractivity contribution is 9.10. The molecule has 2 heterocycles. The Bertz CT molecular complexity index is 452. The minimum atomic E-state index is 0.0367. The number of hydrogen-bond donors (Lipinski definition) is 0. The molecule has 0 aromatic carbocycles. The standard InChI is InChI=1S/C14H20BrN3O/c1-3-11-10-17(2)8-5-9-18(11)14(19)13-12(15)6-4-7-16-13/h4,6-7,11H,3,5,8-10H2,1-2H3. The van der Waals surface area contributed by atoms with E-state index in [2.05, 4.69) is 39.8 Å². The van der Waals surface area contributed by atoms with Crippen molar-refractivity contribution in [2.45, 2.75) is 25.8 Å². The van der Waals surface area contributed by atoms with Gasteiger partial charge in [0.2, 0.25) is 0 Å². The molecule has 1 unspecified atom stereocenters. The molecule has 1 amide bonds. The van der Waals surface area contributed by atoms with Crippen molar-refractivity contribution < 1.29 is 4.79 Å². The van der Waals surface area contributed by atoms with Crippen LogP contribution in [-0.4, -0.2) is 53.4 Å². The van der Waals surface area contributed by atoms with E-state index in [4.69, 9.17) is 0 Å². The number of pyridine rings is 1. The Labute approximate surface area is 122 Å². The second-order valence-corrected chi connectivity index (χ2v) is 5.86. The number of amides is 1. The van der Waals surface area contributed by atoms with Crippen LogP contribution in [0.5, 0.6) is 0 Å². The van der Waals surface area contributed by atoms with Crippen molar-refractivity contribution in [1.82, 2.24) is 14.8 Å². The summed E-state index contributed by atoms with van der Waals surface area (Å²) in [7, 11) is 2.12. The molecule has 1 aliphatic rings. The molecule has 0 aliphatic carbocycles. The summed E-state index contributed by atoms with van der Waals surface area (Å²) in [5.41, 5.74) is 0.519. The first-order valence-electron chi connectivity index (χ1n) is 6.73. The maximum atomic E-state index is 12.7. The van der Waals surface area contributed by atoms with Crippen molar-refractivity contribution in [1.29, 1.82) is 0 Å². The van der Waals surface area contributed by atoms with Gasteiger partial charge in [-0.1, -0.05) is 6.92 Å². The van der Waals surface area contributed by atoms with E-state index >= 15 is 0 Å². The molecule has 1 saturated heterocycles. The Balaban J connectivity index is 2.23. The maximum absolute atomic E-state index is 12.7. The summed E-state index contributed by atoms with van der Waals surface area (Å²) in [4.78, 5) is 21.2. The van der Waals surface area contributed by atoms with Crippen LogP contribution in [0, 0.1) is 0 Å². The Morgan fingerprint density at radius 2 is 2.32 bits per heavy atom. The van der Waals surface area contributed by atoms with Gasteiger partial charge in [-0.2, -0.15) is 0 Å². The topological polar surface area (TPSA) is 36.4 Å². The molecule has 19 heavy (non-hydrogen) atoms. The van der Waals surface area contributed by atoms with Crippen molar-refractivity contribution in [3.63, 3.8) is 0 Å². The van der Waals surface area contributed by atoms with Gasteiger partial charge in [-0.25, -0.2) is 4.98 Å². The third-order valence-corrected chi connectivity index (χ3v) is 4.24. The largest absolute Gasteiger partial charge is 0.333 e. The quantitative estimate of drug-likeness (QED) is 0.837. The first kappa shape index (κ1) is 14.5. The monoisotopic (exact) mass is 325 g/mol. The average molecular weight is 326 g/mol. The Hall–Kier alpha value is -0.940. The number of likely N-dealkylation sites (N-methyl/N-ethyl adjacent to an activating group) is 1. The zero-order valence-electron chi connectivity index (χ0n) is 11.5. The lowest BCUT2D eigenvalue weighted by atomic mass is 10.1. The highest BCUT2D eigenvalue weighted by Gasteiger charge is 2.28. The zero-order valence-corrected chi connectivity index (χ0v) is 13.1. The molecular weight excluding hydrogens is 306 g/mol. The van der Waals surface area contributed by atoms with Gasteiger partial charge in [0.1, 0.15) is 5.69 Å². The predicted molar refractivity (Wildman–Crippen MR) is 79.2 cm³/mol. The molecule has 0 saturated carbocycles. The van der Waals surface area contributed by atoms with Gasteiger partial charge in [0.05, 0.1) is 0 Å². The summed E-state index contributed by atoms with van der Waals surface area (Å²) in [6.45, 7) is 4.93. The number of aromatic nitrogens is 1. The van der Waals surface area contributed by atoms with E-state index in [1.165, 1.54) is 0 Å². The number of carbonyl (C=O) groups is 1. The van der Waals surface area contributed by atoms with Crippen LogP contribution in [0.4, 0.5) is 0 Å². The number of nitrogens with zero attached hydrogens (tertiary/aromatic N) is 3. The molecule has 2 rings (SSSR count). The van der Waals surface area contributed by atoms with Crippen LogP contribution in [0.15, 0.2) is 22.8 Å². The van der Waals surface area contributed by atoms with Gasteiger partial charge in [-0.15, -0.1) is 0 Å². The molecule has 5 heteroatoms. The van der Waals surface area contributed by atoms with Gasteiger partial charge in [-0.3, -0.25) is 4.79 Å². The normalized spacial score (nSPS) is 21.2. The highest BCUT2D eigenvalue weighted by Crippen LogP contribution is 2.19. The SMILES string of the molecule is CCC1CN(C)CCCN1C(=O)c1ncccc1Br. The Morgan fingerprint density at radius 3 is 3.00 bits per heavy atom. The van der Waals surface area contributed by atoms with Crippen LogP contribution in [0.2, 0.25) is 0 Å². The lowest BCUT2D eigenvalue weighted by Gasteiger charge is -2.30. The smallest absolute Gasteiger partial charge is 0.273 e. The van der Waals surface area contributed by atoms with Gasteiger partial charge in [-0.05, 0) is 54.5 Å². The second kappa shape index (κ2) is 6.48. The number of hydrogen-bond acceptors (Lipinski definition) is 3. The molecule has 1 aromatic heterocycles. The molecule has 1 fully saturated rings. The van der Waals surface area contributed by atoms with E-state index in [-0.39, 0.29) is 11.9 Å². The van der Waals surface area contributed by atoms with Gasteiger partial charge >= 0.3 is 0 Å². The maximum Gasteiger partial charge on any atom is 0.273 e. The fourth-order valence-electron chi connectivity index (χ4n) is 2.54. The lowest BCUT2D eigenvalue weighted by Crippen LogP contribution is -2.43. The molecule has 104 valence electrons. The van der Waals surface area contributed by atoms with Crippen molar-refractivity contribution in [3.05, 3.63) is 28.5 Å². The highest BCUT2D eigenvalue weighted by atomic mass is 79.9. The van der Waals surface area contributed by atoms with Gasteiger partial charge < -0.3 is 9.80 Å². The predicted octanol–water partition coefficient (Wildman–Crippen LogP) is 2.40. The molecule has 4 nitrogen and oxygen atoms in total. The van der Waals surface area contributed by atoms with E-state index in [1.54, 1.807) is 6.20 Å². The van der Waals surface area contributed by atoms with E-state index in [9.17, 15) is 4.79 Å². The van der Waals surface area contributed by atoms with Crippen LogP contribution in [-0.2, 0) is 0 Å². The van der Waals surface area contributed by atoms with Crippen LogP contribution < -0.4 is 0 Å². The summed E-state index contributed by atoms with van der Waals surface area (Å²) in [6.07, 6.45) is 3.66. The third-order valence-electron chi connectivity index (χ3n) is 3.60. The fourth-order valence-corrected chi connectivity index (χ4v) is 2.96. The summed E-state index contributed by atoms with van der Waals surface area (Å²) >= 11 is 3.42. The summed E-state index contributed by atoms with van der Waals surface area (Å²) in [5, 5.41) is 0. The van der Waals surface area contributed by atoms with Crippen LogP contribution in [0.3, 0.4) is 0 Å². The Morgan fingerprint density at radius 1 is 1.53 bits per heavy atom. The van der Waals surface area contributed by atoms with E-state index < -0.39 is 0 Å². The molecular formula is C14H20BrN3O. The summed E-state index contributed by atoms with van der Waals surface area (Å²) in [5.74, 6) is 0.0367. The average Bonchev–Trinajstić information content (AvgIpc) is 2.60. The minimum Gasteiger partial charge on any atom is -0.333 e. The summed E-state index contributed by atoms with van der Waals surface area (Å²) < 4.78 is 0.771. The molecule has 1 atom stereocenters. The van der Waals surface area contributed by atoms with Gasteiger partial charge in [0.25, 0.3) is 5.91 Å². The number of halogens is 1. The minimum absolute atomic E-state index is 0.0367. The van der Waals surface area contributed by atoms with Crippen LogP contribution >= 0.6 is 15.9 Å². The first-order valence-corrected chi connectivity index (χ1v) is 7.52. The molecule has 1 aliphatic heterocycles. The molecule has 0 bridgehead atoms. The van der Waals surface area contributed by atoms with Gasteiger partial charge in [0, 0.05) is 29.8 Å². The Kier molecular flexibility index (Phi) is 4.93. The second-order valence-electron chi connectivity index (χ2n) is 5.01. The van der Waals surface area contributed by atoms with Gasteiger partial charge in [0.15, 0.2) is 0 Å². The third kappa shape index (κ3) is 3.34. The molecule has 0 N–H and O–H groups in total. The van der Waals surface area contributed by atoms with Crippen molar-refractivity contribution in [2.75, 3.05) is 26.7 Å². The first-order chi connectivity index (χ1) is 9.13.